The largest absolute Gasteiger partial charge is 0.396 e. The van der Waals surface area contributed by atoms with Gasteiger partial charge in [0.2, 0.25) is 5.91 Å². The Kier molecular flexibility index (Phi) is 8.45. The van der Waals surface area contributed by atoms with Crippen LogP contribution in [0.25, 0.3) is 0 Å². The predicted octanol–water partition coefficient (Wildman–Crippen LogP) is 6.99. The molecule has 4 fully saturated rings. The quantitative estimate of drug-likeness (QED) is 0.162. The number of carbonyl (C=O) groups is 1. The second-order valence-electron chi connectivity index (χ2n) is 18.6. The van der Waals surface area contributed by atoms with Gasteiger partial charge in [-0.25, -0.2) is 4.68 Å². The average molecular weight is 688 g/mol. The Morgan fingerprint density at radius 2 is 1.76 bits per heavy atom. The van der Waals surface area contributed by atoms with Gasteiger partial charge in [0.1, 0.15) is 5.69 Å². The fraction of sp³-hybridized carbons (Fsp3) is 0.725. The van der Waals surface area contributed by atoms with Crippen molar-refractivity contribution in [1.29, 1.82) is 0 Å². The first-order chi connectivity index (χ1) is 23.5. The molecular formula is C40H57N5O5. The molecule has 7 rings (SSSR count). The van der Waals surface area contributed by atoms with E-state index in [1.807, 2.05) is 0 Å². The van der Waals surface area contributed by atoms with Crippen LogP contribution < -0.4 is 5.32 Å². The zero-order valence-corrected chi connectivity index (χ0v) is 30.9. The third-order valence-electron chi connectivity index (χ3n) is 15.7. The standard InChI is InChI=1S/C40H57N5O5/c1-35(2)17-19-40(34(48)41-22-27-24-44(43-42-27)23-26-9-7-8-10-30(26)45(49)50)20-18-38(5)28(29(40)21-35)11-12-32-36(3)15-14-33(47)37(4,25-46)31(36)13-16-39(32,38)6/h7-11,24,29,31-33,46-47H,12-23,25H2,1-6H3,(H,41,48)/t29-,31+,32+,33-,36-,37-,38+,39+,40-/m0/s1. The molecule has 0 saturated heterocycles. The minimum atomic E-state index is -0.476. The Morgan fingerprint density at radius 1 is 1.02 bits per heavy atom. The molecule has 10 heteroatoms. The third-order valence-corrected chi connectivity index (χ3v) is 15.7. The highest BCUT2D eigenvalue weighted by Crippen LogP contribution is 2.75. The molecule has 0 unspecified atom stereocenters. The summed E-state index contributed by atoms with van der Waals surface area (Å²) in [5.41, 5.74) is 2.00. The molecule has 5 aliphatic carbocycles. The van der Waals surface area contributed by atoms with Gasteiger partial charge in [-0.1, -0.05) is 76.6 Å². The Morgan fingerprint density at radius 3 is 2.50 bits per heavy atom. The second kappa shape index (κ2) is 12.0. The van der Waals surface area contributed by atoms with Crippen molar-refractivity contribution in [2.24, 2.45) is 50.2 Å². The number of aliphatic hydroxyl groups is 2. The normalized spacial score (nSPS) is 40.4. The van der Waals surface area contributed by atoms with Gasteiger partial charge >= 0.3 is 0 Å². The van der Waals surface area contributed by atoms with Crippen molar-refractivity contribution in [2.75, 3.05) is 6.61 Å². The summed E-state index contributed by atoms with van der Waals surface area (Å²) in [4.78, 5) is 25.7. The summed E-state index contributed by atoms with van der Waals surface area (Å²) in [7, 11) is 0. The van der Waals surface area contributed by atoms with Gasteiger partial charge in [0, 0.05) is 11.5 Å². The zero-order chi connectivity index (χ0) is 35.9. The Balaban J connectivity index is 1.14. The molecule has 1 amide bonds. The number of nitro benzene ring substituents is 1. The molecule has 1 heterocycles. The zero-order valence-electron chi connectivity index (χ0n) is 30.9. The molecule has 10 nitrogen and oxygen atoms in total. The number of nitro groups is 1. The number of hydrogen-bond acceptors (Lipinski definition) is 7. The van der Waals surface area contributed by atoms with Crippen molar-refractivity contribution < 1.29 is 19.9 Å². The number of allylic oxidation sites excluding steroid dienone is 2. The van der Waals surface area contributed by atoms with Crippen molar-refractivity contribution in [2.45, 2.75) is 125 Å². The van der Waals surface area contributed by atoms with Gasteiger partial charge in [-0.2, -0.15) is 0 Å². The van der Waals surface area contributed by atoms with Gasteiger partial charge in [-0.15, -0.1) is 5.10 Å². The van der Waals surface area contributed by atoms with Crippen LogP contribution in [0.4, 0.5) is 5.69 Å². The summed E-state index contributed by atoms with van der Waals surface area (Å²) in [5, 5.41) is 45.0. The van der Waals surface area contributed by atoms with Crippen LogP contribution in [0.5, 0.6) is 0 Å². The van der Waals surface area contributed by atoms with E-state index in [-0.39, 0.29) is 69.7 Å². The number of aromatic nitrogens is 3. The molecule has 5 aliphatic rings. The summed E-state index contributed by atoms with van der Waals surface area (Å²) in [6.07, 6.45) is 13.4. The van der Waals surface area contributed by atoms with Crippen LogP contribution >= 0.6 is 0 Å². The van der Waals surface area contributed by atoms with Crippen LogP contribution in [-0.4, -0.2) is 48.7 Å². The van der Waals surface area contributed by atoms with Gasteiger partial charge in [0.05, 0.1) is 47.9 Å². The number of nitrogens with zero attached hydrogens (tertiary/aromatic N) is 4. The maximum Gasteiger partial charge on any atom is 0.274 e. The van der Waals surface area contributed by atoms with E-state index < -0.39 is 16.9 Å². The number of para-hydroxylation sites is 1. The van der Waals surface area contributed by atoms with Crippen molar-refractivity contribution in [1.82, 2.24) is 20.3 Å². The average Bonchev–Trinajstić information content (AvgIpc) is 3.52. The van der Waals surface area contributed by atoms with Crippen LogP contribution in [0.15, 0.2) is 42.1 Å². The van der Waals surface area contributed by atoms with Crippen LogP contribution in [0.2, 0.25) is 0 Å². The van der Waals surface area contributed by atoms with E-state index in [0.717, 1.165) is 64.2 Å². The lowest BCUT2D eigenvalue weighted by Gasteiger charge is -2.71. The topological polar surface area (TPSA) is 143 Å². The molecule has 0 aliphatic heterocycles. The summed E-state index contributed by atoms with van der Waals surface area (Å²) in [5.74, 6) is 1.01. The van der Waals surface area contributed by atoms with E-state index in [1.54, 1.807) is 29.1 Å². The highest BCUT2D eigenvalue weighted by molar-refractivity contribution is 5.84. The van der Waals surface area contributed by atoms with E-state index in [9.17, 15) is 25.1 Å². The fourth-order valence-electron chi connectivity index (χ4n) is 12.5. The molecule has 3 N–H and O–H groups in total. The third kappa shape index (κ3) is 5.13. The first-order valence-corrected chi connectivity index (χ1v) is 18.9. The number of fused-ring (bicyclic) bond motifs is 7. The van der Waals surface area contributed by atoms with E-state index in [4.69, 9.17) is 0 Å². The molecule has 1 aromatic carbocycles. The number of benzene rings is 1. The van der Waals surface area contributed by atoms with Crippen molar-refractivity contribution in [3.8, 4) is 0 Å². The van der Waals surface area contributed by atoms with Crippen molar-refractivity contribution >= 4 is 11.6 Å². The minimum absolute atomic E-state index is 0.0247. The number of amides is 1. The molecule has 1 aromatic heterocycles. The van der Waals surface area contributed by atoms with Crippen molar-refractivity contribution in [3.63, 3.8) is 0 Å². The van der Waals surface area contributed by atoms with Gasteiger partial charge in [-0.05, 0) is 104 Å². The second-order valence-corrected chi connectivity index (χ2v) is 18.6. The molecule has 4 saturated carbocycles. The van der Waals surface area contributed by atoms with E-state index in [0.29, 0.717) is 17.2 Å². The predicted molar refractivity (Wildman–Crippen MR) is 191 cm³/mol. The Hall–Kier alpha value is -3.11. The lowest BCUT2D eigenvalue weighted by Crippen LogP contribution is -2.66. The number of hydrogen-bond donors (Lipinski definition) is 3. The molecular weight excluding hydrogens is 630 g/mol. The van der Waals surface area contributed by atoms with Crippen LogP contribution in [0.3, 0.4) is 0 Å². The first-order valence-electron chi connectivity index (χ1n) is 18.9. The van der Waals surface area contributed by atoms with E-state index >= 15 is 0 Å². The van der Waals surface area contributed by atoms with Gasteiger partial charge in [0.25, 0.3) is 5.69 Å². The van der Waals surface area contributed by atoms with E-state index in [1.165, 1.54) is 11.6 Å². The highest BCUT2D eigenvalue weighted by Gasteiger charge is 2.69. The van der Waals surface area contributed by atoms with Gasteiger partial charge < -0.3 is 15.5 Å². The first kappa shape index (κ1) is 35.3. The smallest absolute Gasteiger partial charge is 0.274 e. The van der Waals surface area contributed by atoms with Crippen LogP contribution in [0.1, 0.15) is 117 Å². The Bertz CT molecular complexity index is 1700. The molecule has 50 heavy (non-hydrogen) atoms. The molecule has 272 valence electrons. The summed E-state index contributed by atoms with van der Waals surface area (Å²) in [6.45, 7) is 14.9. The maximum absolute atomic E-state index is 14.6. The number of aliphatic hydroxyl groups excluding tert-OH is 2. The monoisotopic (exact) mass is 687 g/mol. The van der Waals surface area contributed by atoms with Gasteiger partial charge in [0.15, 0.2) is 0 Å². The highest BCUT2D eigenvalue weighted by atomic mass is 16.6. The maximum atomic E-state index is 14.6. The SMILES string of the molecule is CC1(C)CC[C@]2(C(=O)NCc3cn(Cc4ccccc4[N+](=O)[O-])nn3)CC[C@]3(C)C(=CC[C@@H]4[C@@]5(C)CC[C@H](O)[C@@](C)(CO)[C@@H]5CC[C@]43C)[C@@H]2C1. The lowest BCUT2D eigenvalue weighted by atomic mass is 9.33. The lowest BCUT2D eigenvalue weighted by molar-refractivity contribution is -0.385. The van der Waals surface area contributed by atoms with E-state index in [2.05, 4.69) is 63.2 Å². The molecule has 2 aromatic rings. The molecule has 0 bridgehead atoms. The summed E-state index contributed by atoms with van der Waals surface area (Å²) >= 11 is 0. The minimum Gasteiger partial charge on any atom is -0.396 e. The van der Waals surface area contributed by atoms with Crippen LogP contribution in [0, 0.1) is 60.4 Å². The summed E-state index contributed by atoms with van der Waals surface area (Å²) < 4.78 is 1.59. The van der Waals surface area contributed by atoms with Gasteiger partial charge in [-0.3, -0.25) is 14.9 Å². The number of nitrogens with one attached hydrogen (secondary N) is 1. The number of rotatable bonds is 7. The fourth-order valence-corrected chi connectivity index (χ4v) is 12.5. The Labute approximate surface area is 296 Å². The summed E-state index contributed by atoms with van der Waals surface area (Å²) in [6, 6.07) is 6.64. The molecule has 0 radical (unpaired) electrons. The van der Waals surface area contributed by atoms with Crippen molar-refractivity contribution in [3.05, 3.63) is 63.5 Å². The molecule has 9 atom stereocenters. The van der Waals surface area contributed by atoms with Crippen LogP contribution in [-0.2, 0) is 17.9 Å². The molecule has 0 spiro atoms. The number of carbonyl (C=O) groups excluding carboxylic acids is 1.